The van der Waals surface area contributed by atoms with Crippen LogP contribution >= 0.6 is 11.3 Å². The minimum atomic E-state index is -0.213. The normalized spacial score (nSPS) is 11.3. The van der Waals surface area contributed by atoms with Crippen LogP contribution in [0.1, 0.15) is 35.8 Å². The number of nitrogens with zero attached hydrogens (tertiary/aromatic N) is 4. The van der Waals surface area contributed by atoms with Crippen LogP contribution in [0.2, 0.25) is 0 Å². The quantitative estimate of drug-likeness (QED) is 0.560. The van der Waals surface area contributed by atoms with Crippen molar-refractivity contribution in [2.45, 2.75) is 26.8 Å². The van der Waals surface area contributed by atoms with E-state index in [2.05, 4.69) is 15.4 Å². The maximum atomic E-state index is 13.0. The molecular weight excluding hydrogens is 358 g/mol. The first kappa shape index (κ1) is 17.4. The molecule has 6 nitrogen and oxygen atoms in total. The molecule has 4 aromatic rings. The minimum absolute atomic E-state index is 0.136. The van der Waals surface area contributed by atoms with Crippen LogP contribution in [0.3, 0.4) is 0 Å². The lowest BCUT2D eigenvalue weighted by Gasteiger charge is -2.11. The van der Waals surface area contributed by atoms with E-state index in [9.17, 15) is 4.79 Å². The fraction of sp³-hybridized carbons (Fsp3) is 0.200. The molecular formula is C20H19N5OS. The number of hydrogen-bond donors (Lipinski definition) is 1. The van der Waals surface area contributed by atoms with Crippen molar-refractivity contribution in [3.05, 3.63) is 59.2 Å². The summed E-state index contributed by atoms with van der Waals surface area (Å²) in [6.45, 7) is 6.13. The summed E-state index contributed by atoms with van der Waals surface area (Å²) in [6, 6.07) is 9.99. The highest BCUT2D eigenvalue weighted by Crippen LogP contribution is 2.28. The van der Waals surface area contributed by atoms with Gasteiger partial charge in [0.15, 0.2) is 10.8 Å². The molecule has 3 heterocycles. The van der Waals surface area contributed by atoms with E-state index >= 15 is 0 Å². The van der Waals surface area contributed by atoms with Gasteiger partial charge in [-0.25, -0.2) is 14.6 Å². The first-order valence-corrected chi connectivity index (χ1v) is 9.57. The van der Waals surface area contributed by atoms with Crippen molar-refractivity contribution < 1.29 is 4.79 Å². The molecule has 7 heteroatoms. The van der Waals surface area contributed by atoms with Crippen LogP contribution in [0.4, 0.5) is 5.13 Å². The fourth-order valence-electron chi connectivity index (χ4n) is 3.03. The number of anilines is 1. The monoisotopic (exact) mass is 377 g/mol. The van der Waals surface area contributed by atoms with Crippen LogP contribution in [0, 0.1) is 6.92 Å². The molecule has 1 amide bonds. The van der Waals surface area contributed by atoms with E-state index < -0.39 is 0 Å². The van der Waals surface area contributed by atoms with Gasteiger partial charge in [0.25, 0.3) is 5.91 Å². The zero-order valence-corrected chi connectivity index (χ0v) is 16.1. The number of pyridine rings is 1. The first-order chi connectivity index (χ1) is 13.0. The van der Waals surface area contributed by atoms with Gasteiger partial charge >= 0.3 is 0 Å². The Labute approximate surface area is 160 Å². The lowest BCUT2D eigenvalue weighted by atomic mass is 10.0. The minimum Gasteiger partial charge on any atom is -0.298 e. The number of thiazole rings is 1. The fourth-order valence-corrected chi connectivity index (χ4v) is 3.56. The van der Waals surface area contributed by atoms with Crippen molar-refractivity contribution in [1.29, 1.82) is 0 Å². The van der Waals surface area contributed by atoms with E-state index in [-0.39, 0.29) is 11.9 Å². The number of aromatic nitrogens is 4. The molecule has 3 aromatic heterocycles. The van der Waals surface area contributed by atoms with Gasteiger partial charge in [-0.2, -0.15) is 5.10 Å². The van der Waals surface area contributed by atoms with E-state index in [1.165, 1.54) is 11.3 Å². The van der Waals surface area contributed by atoms with Gasteiger partial charge in [-0.3, -0.25) is 10.1 Å². The maximum absolute atomic E-state index is 13.0. The second-order valence-electron chi connectivity index (χ2n) is 6.58. The topological polar surface area (TPSA) is 72.7 Å². The SMILES string of the molecule is Cc1ccccc1-c1cc(C(=O)Nc2nccs2)c2cnn(C(C)C)c2n1. The lowest BCUT2D eigenvalue weighted by Crippen LogP contribution is -2.13. The molecule has 1 N–H and O–H groups in total. The Kier molecular flexibility index (Phi) is 4.45. The van der Waals surface area contributed by atoms with Crippen LogP contribution < -0.4 is 5.32 Å². The molecule has 0 spiro atoms. The summed E-state index contributed by atoms with van der Waals surface area (Å²) in [7, 11) is 0. The number of fused-ring (bicyclic) bond motifs is 1. The average Bonchev–Trinajstić information content (AvgIpc) is 3.30. The van der Waals surface area contributed by atoms with E-state index in [0.717, 1.165) is 22.2 Å². The Bertz CT molecular complexity index is 1110. The molecule has 0 fully saturated rings. The number of rotatable bonds is 4. The molecule has 0 aliphatic heterocycles. The highest BCUT2D eigenvalue weighted by Gasteiger charge is 2.19. The van der Waals surface area contributed by atoms with Crippen LogP contribution in [-0.4, -0.2) is 25.7 Å². The summed E-state index contributed by atoms with van der Waals surface area (Å²) in [5, 5.41) is 10.4. The molecule has 0 saturated carbocycles. The third kappa shape index (κ3) is 3.21. The van der Waals surface area contributed by atoms with Gasteiger partial charge in [0, 0.05) is 23.2 Å². The van der Waals surface area contributed by atoms with Gasteiger partial charge < -0.3 is 0 Å². The smallest absolute Gasteiger partial charge is 0.258 e. The molecule has 0 atom stereocenters. The zero-order valence-electron chi connectivity index (χ0n) is 15.3. The number of aryl methyl sites for hydroxylation is 1. The summed E-state index contributed by atoms with van der Waals surface area (Å²) in [4.78, 5) is 21.9. The molecule has 136 valence electrons. The molecule has 0 saturated heterocycles. The highest BCUT2D eigenvalue weighted by atomic mass is 32.1. The molecule has 1 aromatic carbocycles. The predicted molar refractivity (Wildman–Crippen MR) is 108 cm³/mol. The molecule has 0 aliphatic carbocycles. The number of amides is 1. The van der Waals surface area contributed by atoms with E-state index in [1.54, 1.807) is 12.4 Å². The second kappa shape index (κ2) is 6.92. The summed E-state index contributed by atoms with van der Waals surface area (Å²) in [6.07, 6.45) is 3.37. The van der Waals surface area contributed by atoms with Crippen molar-refractivity contribution in [1.82, 2.24) is 19.7 Å². The summed E-state index contributed by atoms with van der Waals surface area (Å²) in [5.41, 5.74) is 4.10. The molecule has 0 radical (unpaired) electrons. The number of hydrogen-bond acceptors (Lipinski definition) is 5. The van der Waals surface area contributed by atoms with Crippen molar-refractivity contribution >= 4 is 33.4 Å². The third-order valence-electron chi connectivity index (χ3n) is 4.37. The van der Waals surface area contributed by atoms with Gasteiger partial charge in [0.05, 0.1) is 22.8 Å². The molecule has 0 aliphatic rings. The van der Waals surface area contributed by atoms with Crippen molar-refractivity contribution in [2.24, 2.45) is 0 Å². The largest absolute Gasteiger partial charge is 0.298 e. The number of carbonyl (C=O) groups excluding carboxylic acids is 1. The molecule has 0 bridgehead atoms. The maximum Gasteiger partial charge on any atom is 0.258 e. The van der Waals surface area contributed by atoms with Crippen LogP contribution in [0.15, 0.2) is 48.1 Å². The Morgan fingerprint density at radius 2 is 2.07 bits per heavy atom. The second-order valence-corrected chi connectivity index (χ2v) is 7.48. The third-order valence-corrected chi connectivity index (χ3v) is 5.06. The van der Waals surface area contributed by atoms with Crippen molar-refractivity contribution in [2.75, 3.05) is 5.32 Å². The summed E-state index contributed by atoms with van der Waals surface area (Å²) >= 11 is 1.38. The predicted octanol–water partition coefficient (Wildman–Crippen LogP) is 4.70. The van der Waals surface area contributed by atoms with Gasteiger partial charge in [0.2, 0.25) is 0 Å². The van der Waals surface area contributed by atoms with Crippen LogP contribution in [-0.2, 0) is 0 Å². The Morgan fingerprint density at radius 3 is 2.78 bits per heavy atom. The molecule has 27 heavy (non-hydrogen) atoms. The summed E-state index contributed by atoms with van der Waals surface area (Å²) < 4.78 is 1.84. The molecule has 0 unspecified atom stereocenters. The standard InChI is InChI=1S/C20H19N5OS/c1-12(2)25-18-16(11-22-25)15(19(26)24-20-21-8-9-27-20)10-17(23-18)14-7-5-4-6-13(14)3/h4-12H,1-3H3,(H,21,24,26). The van der Waals surface area contributed by atoms with E-state index in [0.29, 0.717) is 16.3 Å². The number of carbonyl (C=O) groups is 1. The van der Waals surface area contributed by atoms with Crippen LogP contribution in [0.25, 0.3) is 22.3 Å². The Morgan fingerprint density at radius 1 is 1.26 bits per heavy atom. The van der Waals surface area contributed by atoms with Gasteiger partial charge in [-0.1, -0.05) is 24.3 Å². The van der Waals surface area contributed by atoms with Gasteiger partial charge in [-0.05, 0) is 32.4 Å². The molecule has 4 rings (SSSR count). The van der Waals surface area contributed by atoms with Crippen LogP contribution in [0.5, 0.6) is 0 Å². The lowest BCUT2D eigenvalue weighted by molar-refractivity contribution is 0.102. The van der Waals surface area contributed by atoms with E-state index in [4.69, 9.17) is 4.98 Å². The van der Waals surface area contributed by atoms with Crippen molar-refractivity contribution in [3.8, 4) is 11.3 Å². The van der Waals surface area contributed by atoms with E-state index in [1.807, 2.05) is 61.2 Å². The van der Waals surface area contributed by atoms with Gasteiger partial charge in [-0.15, -0.1) is 11.3 Å². The highest BCUT2D eigenvalue weighted by molar-refractivity contribution is 7.13. The Balaban J connectivity index is 1.91. The summed E-state index contributed by atoms with van der Waals surface area (Å²) in [5.74, 6) is -0.213. The first-order valence-electron chi connectivity index (χ1n) is 8.69. The zero-order chi connectivity index (χ0) is 19.0. The number of nitrogens with one attached hydrogen (secondary N) is 1. The number of benzene rings is 1. The average molecular weight is 377 g/mol. The van der Waals surface area contributed by atoms with Crippen molar-refractivity contribution in [3.63, 3.8) is 0 Å². The van der Waals surface area contributed by atoms with Gasteiger partial charge in [0.1, 0.15) is 0 Å². The Hall–Kier alpha value is -3.06.